The predicted molar refractivity (Wildman–Crippen MR) is 157 cm³/mol. The van der Waals surface area contributed by atoms with Crippen LogP contribution in [0.5, 0.6) is 0 Å². The Morgan fingerprint density at radius 3 is 2.51 bits per heavy atom. The van der Waals surface area contributed by atoms with Gasteiger partial charge in [-0.2, -0.15) is 18.2 Å². The van der Waals surface area contributed by atoms with E-state index < -0.39 is 42.3 Å². The molecule has 0 radical (unpaired) electrons. The molecular weight excluding hydrogens is 667 g/mol. The third-order valence-electron chi connectivity index (χ3n) is 4.86. The summed E-state index contributed by atoms with van der Waals surface area (Å²) in [6, 6.07) is 8.56. The van der Waals surface area contributed by atoms with Crippen LogP contribution in [0.15, 0.2) is 69.9 Å². The molecule has 3 aromatic rings. The number of amides is 1. The average Bonchev–Trinajstić information content (AvgIpc) is 3.56. The van der Waals surface area contributed by atoms with Crippen LogP contribution in [0, 0.1) is 5.82 Å². The van der Waals surface area contributed by atoms with Crippen molar-refractivity contribution < 1.29 is 37.0 Å². The van der Waals surface area contributed by atoms with E-state index in [0.717, 1.165) is 17.0 Å². The van der Waals surface area contributed by atoms with Gasteiger partial charge in [-0.25, -0.2) is 23.9 Å². The van der Waals surface area contributed by atoms with E-state index in [1.807, 2.05) is 0 Å². The molecule has 1 N–H and O–H groups in total. The minimum atomic E-state index is -2.54. The van der Waals surface area contributed by atoms with Crippen molar-refractivity contribution in [2.24, 2.45) is 4.99 Å². The SMILES string of the molecule is CC(C)(C)OC(=O)n1cc(-c2cc(Cl)ccc2C=O)cn1.O=C(O)N(C1=NC=CS1=S(=O)=O)c1ccc(Br)c(F)c1. The van der Waals surface area contributed by atoms with E-state index in [2.05, 4.69) is 26.0 Å². The van der Waals surface area contributed by atoms with Gasteiger partial charge in [-0.1, -0.05) is 11.6 Å². The Kier molecular flexibility index (Phi) is 10.4. The topological polar surface area (TPSA) is 148 Å². The van der Waals surface area contributed by atoms with Crippen LogP contribution in [-0.2, 0) is 23.5 Å². The van der Waals surface area contributed by atoms with Gasteiger partial charge < -0.3 is 9.84 Å². The fourth-order valence-corrected chi connectivity index (χ4v) is 5.79. The third-order valence-corrected chi connectivity index (χ3v) is 8.70. The smallest absolute Gasteiger partial charge is 0.435 e. The first-order chi connectivity index (χ1) is 19.2. The van der Waals surface area contributed by atoms with E-state index in [4.69, 9.17) is 16.3 Å². The van der Waals surface area contributed by atoms with Gasteiger partial charge in [-0.3, -0.25) is 4.79 Å². The van der Waals surface area contributed by atoms with Crippen LogP contribution in [0.4, 0.5) is 19.7 Å². The number of carbonyl (C=O) groups is 3. The van der Waals surface area contributed by atoms with Gasteiger partial charge in [0.15, 0.2) is 11.5 Å². The van der Waals surface area contributed by atoms with Gasteiger partial charge in [0, 0.05) is 43.4 Å². The van der Waals surface area contributed by atoms with Gasteiger partial charge in [-0.15, -0.1) is 0 Å². The van der Waals surface area contributed by atoms with Crippen LogP contribution >= 0.6 is 27.5 Å². The van der Waals surface area contributed by atoms with Crippen LogP contribution in [0.3, 0.4) is 0 Å². The number of halogens is 3. The number of amidine groups is 1. The molecule has 1 aliphatic heterocycles. The van der Waals surface area contributed by atoms with Gasteiger partial charge in [0.1, 0.15) is 11.4 Å². The summed E-state index contributed by atoms with van der Waals surface area (Å²) in [5, 5.41) is 14.8. The van der Waals surface area contributed by atoms with Crippen molar-refractivity contribution in [3.63, 3.8) is 0 Å². The van der Waals surface area contributed by atoms with E-state index in [1.165, 1.54) is 36.1 Å². The Hall–Kier alpha value is -3.66. The maximum Gasteiger partial charge on any atom is 0.435 e. The molecule has 0 saturated heterocycles. The normalized spacial score (nSPS) is 14.0. The molecule has 1 aliphatic rings. The van der Waals surface area contributed by atoms with Crippen LogP contribution in [0.25, 0.3) is 11.1 Å². The zero-order valence-corrected chi connectivity index (χ0v) is 25.5. The number of aliphatic imine (C=N–C) groups is 1. The molecule has 1 amide bonds. The van der Waals surface area contributed by atoms with Gasteiger partial charge in [0.05, 0.1) is 16.4 Å². The number of benzene rings is 2. The minimum absolute atomic E-state index is 0.0244. The largest absolute Gasteiger partial charge is 0.464 e. The third kappa shape index (κ3) is 8.19. The molecule has 0 bridgehead atoms. The predicted octanol–water partition coefficient (Wildman–Crippen LogP) is 6.13. The maximum absolute atomic E-state index is 13.5. The summed E-state index contributed by atoms with van der Waals surface area (Å²) in [6.07, 6.45) is 2.91. The highest BCUT2D eigenvalue weighted by molar-refractivity contribution is 9.10. The van der Waals surface area contributed by atoms with Crippen LogP contribution in [0.2, 0.25) is 5.02 Å². The Balaban J connectivity index is 0.000000226. The van der Waals surface area contributed by atoms with Crippen molar-refractivity contribution >= 4 is 75.6 Å². The lowest BCUT2D eigenvalue weighted by molar-refractivity contribution is 0.0514. The number of nitrogens with zero attached hydrogens (tertiary/aromatic N) is 4. The Bertz CT molecular complexity index is 1730. The number of aldehydes is 1. The summed E-state index contributed by atoms with van der Waals surface area (Å²) in [7, 11) is -4.02. The van der Waals surface area contributed by atoms with E-state index in [-0.39, 0.29) is 15.3 Å². The Morgan fingerprint density at radius 2 is 1.93 bits per heavy atom. The first-order valence-corrected chi connectivity index (χ1v) is 15.4. The Labute approximate surface area is 250 Å². The Morgan fingerprint density at radius 1 is 1.22 bits per heavy atom. The fourth-order valence-electron chi connectivity index (χ4n) is 3.19. The van der Waals surface area contributed by atoms with E-state index >= 15 is 0 Å². The summed E-state index contributed by atoms with van der Waals surface area (Å²) in [5.74, 6) is -0.663. The summed E-state index contributed by atoms with van der Waals surface area (Å²) in [6.45, 7) is 5.32. The molecular formula is C25H21BrClFN4O7S2. The summed E-state index contributed by atoms with van der Waals surface area (Å²) >= 11 is 8.90. The molecule has 41 heavy (non-hydrogen) atoms. The number of ether oxygens (including phenoxy) is 1. The number of anilines is 1. The second-order valence-corrected chi connectivity index (χ2v) is 13.7. The number of hydrogen-bond acceptors (Lipinski definition) is 8. The first-order valence-electron chi connectivity index (χ1n) is 11.3. The fraction of sp³-hybridized carbons (Fsp3) is 0.160. The number of aromatic nitrogens is 2. The molecule has 0 saturated carbocycles. The second-order valence-electron chi connectivity index (χ2n) is 8.92. The molecule has 2 aromatic carbocycles. The zero-order chi connectivity index (χ0) is 30.5. The summed E-state index contributed by atoms with van der Waals surface area (Å²) in [4.78, 5) is 38.7. The molecule has 0 fully saturated rings. The van der Waals surface area contributed by atoms with E-state index in [1.54, 1.807) is 39.0 Å². The van der Waals surface area contributed by atoms with Crippen molar-refractivity contribution in [2.75, 3.05) is 4.90 Å². The molecule has 11 nitrogen and oxygen atoms in total. The molecule has 4 rings (SSSR count). The van der Waals surface area contributed by atoms with Gasteiger partial charge in [0.2, 0.25) is 0 Å². The quantitative estimate of drug-likeness (QED) is 0.324. The molecule has 216 valence electrons. The lowest BCUT2D eigenvalue weighted by Gasteiger charge is -2.19. The van der Waals surface area contributed by atoms with Gasteiger partial charge >= 0.3 is 12.2 Å². The lowest BCUT2D eigenvalue weighted by atomic mass is 10.0. The molecule has 1 aromatic heterocycles. The molecule has 0 spiro atoms. The van der Waals surface area contributed by atoms with Crippen molar-refractivity contribution in [1.29, 1.82) is 0 Å². The van der Waals surface area contributed by atoms with E-state index in [0.29, 0.717) is 26.6 Å². The van der Waals surface area contributed by atoms with Crippen molar-refractivity contribution in [3.8, 4) is 11.1 Å². The lowest BCUT2D eigenvalue weighted by Crippen LogP contribution is -2.37. The van der Waals surface area contributed by atoms with Gasteiger partial charge in [-0.05, 0) is 78.7 Å². The van der Waals surface area contributed by atoms with Crippen LogP contribution in [0.1, 0.15) is 31.1 Å². The van der Waals surface area contributed by atoms with Crippen molar-refractivity contribution in [3.05, 3.63) is 81.3 Å². The highest BCUT2D eigenvalue weighted by Gasteiger charge is 2.27. The number of hydrogen-bond donors (Lipinski definition) is 1. The highest BCUT2D eigenvalue weighted by Crippen LogP contribution is 2.27. The van der Waals surface area contributed by atoms with Crippen LogP contribution in [-0.4, -0.2) is 52.5 Å². The van der Waals surface area contributed by atoms with Crippen molar-refractivity contribution in [2.45, 2.75) is 26.4 Å². The first kappa shape index (κ1) is 31.9. The molecule has 16 heteroatoms. The minimum Gasteiger partial charge on any atom is -0.464 e. The molecule has 1 unspecified atom stereocenters. The van der Waals surface area contributed by atoms with Crippen molar-refractivity contribution in [1.82, 2.24) is 9.78 Å². The van der Waals surface area contributed by atoms with E-state index in [9.17, 15) is 32.3 Å². The number of carbonyl (C=O) groups excluding carboxylic acids is 2. The molecule has 0 aliphatic carbocycles. The average molecular weight is 688 g/mol. The standard InChI is InChI=1S/C15H15ClN2O3.C10H6BrFN2O4S2/c1-15(2,3)21-14(20)18-8-11(7-17-18)13-6-12(16)5-4-10(13)9-19;11-7-2-1-6(5-8(7)12)14(10(15)16)9-13-3-4-19(9)20(17)18/h4-9H,1-3H3;1-5H,(H,15,16). The molecule has 1 atom stereocenters. The monoisotopic (exact) mass is 686 g/mol. The van der Waals surface area contributed by atoms with Crippen LogP contribution < -0.4 is 4.90 Å². The zero-order valence-electron chi connectivity index (χ0n) is 21.5. The number of carboxylic acid groups (broad SMARTS) is 1. The maximum atomic E-state index is 13.5. The summed E-state index contributed by atoms with van der Waals surface area (Å²) in [5.41, 5.74) is 1.08. The highest BCUT2D eigenvalue weighted by atomic mass is 79.9. The second kappa shape index (κ2) is 13.3. The molecule has 2 heterocycles. The van der Waals surface area contributed by atoms with Gasteiger partial charge in [0.25, 0.3) is 9.26 Å². The summed E-state index contributed by atoms with van der Waals surface area (Å²) < 4.78 is 42.1. The number of rotatable bonds is 3.